The fourth-order valence-electron chi connectivity index (χ4n) is 2.88. The van der Waals surface area contributed by atoms with E-state index in [0.717, 1.165) is 18.7 Å². The van der Waals surface area contributed by atoms with Gasteiger partial charge < -0.3 is 10.4 Å². The molecule has 1 aromatic heterocycles. The Labute approximate surface area is 116 Å². The molecule has 1 saturated carbocycles. The molecule has 1 heterocycles. The molecule has 108 valence electrons. The summed E-state index contributed by atoms with van der Waals surface area (Å²) in [6.07, 6.45) is 8.30. The van der Waals surface area contributed by atoms with Gasteiger partial charge in [0.25, 0.3) is 0 Å². The summed E-state index contributed by atoms with van der Waals surface area (Å²) in [5.41, 5.74) is 1.08. The van der Waals surface area contributed by atoms with Gasteiger partial charge in [-0.1, -0.05) is 26.7 Å². The number of nitrogens with zero attached hydrogens (tertiary/aromatic N) is 2. The van der Waals surface area contributed by atoms with Gasteiger partial charge in [-0.05, 0) is 31.2 Å². The maximum Gasteiger partial charge on any atom is 0.0762 e. The molecule has 4 nitrogen and oxygen atoms in total. The molecule has 0 amide bonds. The van der Waals surface area contributed by atoms with Crippen LogP contribution in [0.4, 0.5) is 0 Å². The zero-order valence-electron chi connectivity index (χ0n) is 12.2. The zero-order chi connectivity index (χ0) is 13.7. The molecule has 1 atom stereocenters. The van der Waals surface area contributed by atoms with Gasteiger partial charge in [-0.3, -0.25) is 4.68 Å². The Bertz CT molecular complexity index is 369. The summed E-state index contributed by atoms with van der Waals surface area (Å²) in [4.78, 5) is 0. The van der Waals surface area contributed by atoms with Crippen LogP contribution in [-0.2, 0) is 6.54 Å². The molecule has 0 spiro atoms. The first-order valence-electron chi connectivity index (χ1n) is 7.57. The van der Waals surface area contributed by atoms with E-state index in [1.807, 2.05) is 0 Å². The highest BCUT2D eigenvalue weighted by molar-refractivity contribution is 5.00. The molecule has 1 unspecified atom stereocenters. The normalized spacial score (nSPS) is 18.3. The quantitative estimate of drug-likeness (QED) is 0.796. The van der Waals surface area contributed by atoms with Crippen LogP contribution < -0.4 is 5.32 Å². The third-order valence-corrected chi connectivity index (χ3v) is 3.91. The van der Waals surface area contributed by atoms with E-state index >= 15 is 0 Å². The number of hydrogen-bond acceptors (Lipinski definition) is 3. The van der Waals surface area contributed by atoms with Crippen molar-refractivity contribution in [2.75, 3.05) is 6.61 Å². The molecule has 2 rings (SSSR count). The number of aliphatic hydroxyl groups is 1. The lowest BCUT2D eigenvalue weighted by atomic mass is 10.0. The van der Waals surface area contributed by atoms with Gasteiger partial charge in [0.15, 0.2) is 0 Å². The second-order valence-electron chi connectivity index (χ2n) is 6.12. The lowest BCUT2D eigenvalue weighted by molar-refractivity contribution is 0.223. The average molecular weight is 265 g/mol. The molecule has 2 N–H and O–H groups in total. The van der Waals surface area contributed by atoms with Gasteiger partial charge in [0, 0.05) is 18.8 Å². The molecule has 4 heteroatoms. The summed E-state index contributed by atoms with van der Waals surface area (Å²) in [7, 11) is 0. The van der Waals surface area contributed by atoms with Crippen LogP contribution in [0.25, 0.3) is 0 Å². The Morgan fingerprint density at radius 3 is 2.79 bits per heavy atom. The first-order valence-corrected chi connectivity index (χ1v) is 7.57. The van der Waals surface area contributed by atoms with E-state index in [4.69, 9.17) is 0 Å². The van der Waals surface area contributed by atoms with Crippen molar-refractivity contribution >= 4 is 0 Å². The van der Waals surface area contributed by atoms with Gasteiger partial charge in [0.05, 0.1) is 18.3 Å². The number of nitrogens with one attached hydrogen (secondary N) is 1. The molecule has 1 aliphatic rings. The fourth-order valence-corrected chi connectivity index (χ4v) is 2.88. The summed E-state index contributed by atoms with van der Waals surface area (Å²) >= 11 is 0. The van der Waals surface area contributed by atoms with Crippen LogP contribution in [0.3, 0.4) is 0 Å². The van der Waals surface area contributed by atoms with E-state index in [0.29, 0.717) is 12.0 Å². The van der Waals surface area contributed by atoms with Crippen LogP contribution in [-0.4, -0.2) is 27.5 Å². The average Bonchev–Trinajstić information content (AvgIpc) is 3.03. The Morgan fingerprint density at radius 1 is 1.42 bits per heavy atom. The lowest BCUT2D eigenvalue weighted by Crippen LogP contribution is -2.33. The topological polar surface area (TPSA) is 50.1 Å². The maximum atomic E-state index is 9.34. The predicted molar refractivity (Wildman–Crippen MR) is 76.9 cm³/mol. The van der Waals surface area contributed by atoms with Gasteiger partial charge in [0.1, 0.15) is 0 Å². The third-order valence-electron chi connectivity index (χ3n) is 3.91. The van der Waals surface area contributed by atoms with Crippen molar-refractivity contribution in [2.24, 2.45) is 5.92 Å². The predicted octanol–water partition coefficient (Wildman–Crippen LogP) is 2.49. The van der Waals surface area contributed by atoms with Crippen molar-refractivity contribution in [3.63, 3.8) is 0 Å². The Kier molecular flexibility index (Phi) is 5.40. The van der Waals surface area contributed by atoms with Gasteiger partial charge in [-0.25, -0.2) is 0 Å². The molecule has 0 saturated heterocycles. The highest BCUT2D eigenvalue weighted by Crippen LogP contribution is 2.28. The molecule has 1 aromatic rings. The minimum atomic E-state index is 0.177. The molecule has 0 bridgehead atoms. The van der Waals surface area contributed by atoms with Gasteiger partial charge in [0.2, 0.25) is 0 Å². The molecular weight excluding hydrogens is 238 g/mol. The van der Waals surface area contributed by atoms with Crippen LogP contribution >= 0.6 is 0 Å². The van der Waals surface area contributed by atoms with E-state index in [9.17, 15) is 5.11 Å². The SMILES string of the molecule is CC(C)CC(CO)NCc1ccn(C2CCCC2)n1. The van der Waals surface area contributed by atoms with E-state index in [1.165, 1.54) is 25.7 Å². The summed E-state index contributed by atoms with van der Waals surface area (Å²) in [6, 6.07) is 2.88. The van der Waals surface area contributed by atoms with Gasteiger partial charge in [-0.15, -0.1) is 0 Å². The summed E-state index contributed by atoms with van der Waals surface area (Å²) in [5.74, 6) is 0.598. The number of hydrogen-bond donors (Lipinski definition) is 2. The number of rotatable bonds is 7. The van der Waals surface area contributed by atoms with Crippen molar-refractivity contribution in [3.05, 3.63) is 18.0 Å². The highest BCUT2D eigenvalue weighted by Gasteiger charge is 2.17. The van der Waals surface area contributed by atoms with Crippen molar-refractivity contribution in [2.45, 2.75) is 64.6 Å². The van der Waals surface area contributed by atoms with Crippen molar-refractivity contribution in [3.8, 4) is 0 Å². The zero-order valence-corrected chi connectivity index (χ0v) is 12.2. The van der Waals surface area contributed by atoms with E-state index in [2.05, 4.69) is 41.2 Å². The first kappa shape index (κ1) is 14.5. The van der Waals surface area contributed by atoms with Gasteiger partial charge in [-0.2, -0.15) is 5.10 Å². The van der Waals surface area contributed by atoms with Gasteiger partial charge >= 0.3 is 0 Å². The summed E-state index contributed by atoms with van der Waals surface area (Å²) < 4.78 is 2.13. The molecule has 1 aliphatic carbocycles. The largest absolute Gasteiger partial charge is 0.395 e. The smallest absolute Gasteiger partial charge is 0.0762 e. The molecular formula is C15H27N3O. The fraction of sp³-hybridized carbons (Fsp3) is 0.800. The maximum absolute atomic E-state index is 9.34. The lowest BCUT2D eigenvalue weighted by Gasteiger charge is -2.17. The second kappa shape index (κ2) is 7.06. The van der Waals surface area contributed by atoms with Crippen LogP contribution in [0.15, 0.2) is 12.3 Å². The molecule has 0 radical (unpaired) electrons. The third kappa shape index (κ3) is 4.32. The van der Waals surface area contributed by atoms with Crippen LogP contribution in [0.2, 0.25) is 0 Å². The first-order chi connectivity index (χ1) is 9.19. The second-order valence-corrected chi connectivity index (χ2v) is 6.12. The molecule has 0 aromatic carbocycles. The standard InChI is InChI=1S/C15H27N3O/c1-12(2)9-14(11-19)16-10-13-7-8-18(17-13)15-5-3-4-6-15/h7-8,12,14-16,19H,3-6,9-11H2,1-2H3. The van der Waals surface area contributed by atoms with Crippen LogP contribution in [0.5, 0.6) is 0 Å². The minimum Gasteiger partial charge on any atom is -0.395 e. The van der Waals surface area contributed by atoms with E-state index in [1.54, 1.807) is 0 Å². The Hall–Kier alpha value is -0.870. The minimum absolute atomic E-state index is 0.177. The molecule has 19 heavy (non-hydrogen) atoms. The Balaban J connectivity index is 1.82. The van der Waals surface area contributed by atoms with Crippen molar-refractivity contribution in [1.29, 1.82) is 0 Å². The summed E-state index contributed by atoms with van der Waals surface area (Å²) in [5, 5.41) is 17.4. The highest BCUT2D eigenvalue weighted by atomic mass is 16.3. The van der Waals surface area contributed by atoms with Crippen molar-refractivity contribution in [1.82, 2.24) is 15.1 Å². The van der Waals surface area contributed by atoms with E-state index < -0.39 is 0 Å². The monoisotopic (exact) mass is 265 g/mol. The number of aromatic nitrogens is 2. The molecule has 1 fully saturated rings. The van der Waals surface area contributed by atoms with Crippen LogP contribution in [0.1, 0.15) is 57.7 Å². The molecule has 0 aliphatic heterocycles. The van der Waals surface area contributed by atoms with E-state index in [-0.39, 0.29) is 12.6 Å². The van der Waals surface area contributed by atoms with Crippen LogP contribution in [0, 0.1) is 5.92 Å². The number of aliphatic hydroxyl groups excluding tert-OH is 1. The van der Waals surface area contributed by atoms with Crippen molar-refractivity contribution < 1.29 is 5.11 Å². The Morgan fingerprint density at radius 2 is 2.16 bits per heavy atom. The summed E-state index contributed by atoms with van der Waals surface area (Å²) in [6.45, 7) is 5.30.